The number of H-pyrrole nitrogens is 1. The van der Waals surface area contributed by atoms with E-state index in [9.17, 15) is 19.5 Å². The summed E-state index contributed by atoms with van der Waals surface area (Å²) in [4.78, 5) is 43.8. The second-order valence-corrected chi connectivity index (χ2v) is 6.08. The van der Waals surface area contributed by atoms with Crippen molar-refractivity contribution in [2.45, 2.75) is 38.6 Å². The van der Waals surface area contributed by atoms with Crippen molar-refractivity contribution in [1.29, 1.82) is 0 Å². The Labute approximate surface area is 137 Å². The summed E-state index contributed by atoms with van der Waals surface area (Å²) < 4.78 is 2.86. The van der Waals surface area contributed by atoms with Crippen molar-refractivity contribution < 1.29 is 9.90 Å². The van der Waals surface area contributed by atoms with Crippen LogP contribution in [0.15, 0.2) is 9.59 Å². The van der Waals surface area contributed by atoms with Gasteiger partial charge in [-0.25, -0.2) is 4.79 Å². The Morgan fingerprint density at radius 3 is 2.50 bits per heavy atom. The molecule has 0 unspecified atom stereocenters. The molecule has 3 heterocycles. The highest BCUT2D eigenvalue weighted by Crippen LogP contribution is 2.22. The van der Waals surface area contributed by atoms with Crippen LogP contribution in [-0.2, 0) is 18.4 Å². The zero-order valence-corrected chi connectivity index (χ0v) is 13.6. The highest BCUT2D eigenvalue weighted by Gasteiger charge is 2.22. The van der Waals surface area contributed by atoms with E-state index < -0.39 is 17.2 Å². The van der Waals surface area contributed by atoms with E-state index in [-0.39, 0.29) is 24.1 Å². The first kappa shape index (κ1) is 16.3. The van der Waals surface area contributed by atoms with Gasteiger partial charge in [0.1, 0.15) is 0 Å². The van der Waals surface area contributed by atoms with Crippen LogP contribution in [0.2, 0.25) is 0 Å². The van der Waals surface area contributed by atoms with Crippen molar-refractivity contribution >= 4 is 23.1 Å². The number of hydrogen-bond donors (Lipinski definition) is 1. The minimum Gasteiger partial charge on any atom is -0.550 e. The van der Waals surface area contributed by atoms with Crippen molar-refractivity contribution in [3.8, 4) is 0 Å². The summed E-state index contributed by atoms with van der Waals surface area (Å²) in [6, 6.07) is 0. The van der Waals surface area contributed by atoms with Crippen LogP contribution in [-0.4, -0.2) is 38.2 Å². The molecule has 130 valence electrons. The average Bonchev–Trinajstić information content (AvgIpc) is 2.71. The zero-order chi connectivity index (χ0) is 17.3. The fourth-order valence-electron chi connectivity index (χ4n) is 3.15. The summed E-state index contributed by atoms with van der Waals surface area (Å²) in [5.41, 5.74) is -0.613. The van der Waals surface area contributed by atoms with Gasteiger partial charge in [0.25, 0.3) is 5.56 Å². The number of nitrogens with one attached hydrogen (secondary N) is 1. The molecule has 1 aliphatic heterocycles. The summed E-state index contributed by atoms with van der Waals surface area (Å²) in [5.74, 6) is -0.653. The molecule has 1 N–H and O–H groups in total. The maximum Gasteiger partial charge on any atom is 0.329 e. The second kappa shape index (κ2) is 6.50. The summed E-state index contributed by atoms with van der Waals surface area (Å²) in [5, 5.41) is 10.9. The molecule has 2 aromatic heterocycles. The van der Waals surface area contributed by atoms with Gasteiger partial charge in [-0.3, -0.25) is 14.3 Å². The highest BCUT2D eigenvalue weighted by molar-refractivity contribution is 5.75. The maximum absolute atomic E-state index is 12.3. The summed E-state index contributed by atoms with van der Waals surface area (Å²) >= 11 is 0. The molecule has 0 atom stereocenters. The molecule has 1 aliphatic rings. The van der Waals surface area contributed by atoms with Crippen LogP contribution < -0.4 is 21.3 Å². The average molecular weight is 334 g/mol. The van der Waals surface area contributed by atoms with E-state index in [2.05, 4.69) is 14.9 Å². The molecule has 9 heteroatoms. The van der Waals surface area contributed by atoms with Gasteiger partial charge in [0, 0.05) is 39.1 Å². The van der Waals surface area contributed by atoms with Crippen LogP contribution in [0, 0.1) is 0 Å². The Bertz CT molecular complexity index is 870. The molecule has 3 rings (SSSR count). The number of carbonyl (C=O) groups excluding carboxylic acids is 1. The predicted octanol–water partition coefficient (Wildman–Crippen LogP) is -1.06. The molecule has 9 nitrogen and oxygen atoms in total. The van der Waals surface area contributed by atoms with Crippen molar-refractivity contribution in [1.82, 2.24) is 19.1 Å². The lowest BCUT2D eigenvalue weighted by molar-refractivity contribution is -0.305. The predicted molar refractivity (Wildman–Crippen MR) is 85.9 cm³/mol. The van der Waals surface area contributed by atoms with Crippen molar-refractivity contribution in [3.63, 3.8) is 0 Å². The number of anilines is 1. The molecule has 0 aliphatic carbocycles. The number of aliphatic carboxylic acids is 1. The number of aryl methyl sites for hydroxylation is 2. The number of imidazole rings is 1. The Morgan fingerprint density at radius 1 is 1.21 bits per heavy atom. The molecule has 0 amide bonds. The van der Waals surface area contributed by atoms with Crippen molar-refractivity contribution in [2.24, 2.45) is 7.05 Å². The highest BCUT2D eigenvalue weighted by atomic mass is 16.4. The van der Waals surface area contributed by atoms with Gasteiger partial charge in [0.05, 0.1) is 0 Å². The van der Waals surface area contributed by atoms with Crippen LogP contribution in [0.3, 0.4) is 0 Å². The fraction of sp³-hybridized carbons (Fsp3) is 0.600. The molecule has 0 radical (unpaired) electrons. The fourth-order valence-corrected chi connectivity index (χ4v) is 3.15. The van der Waals surface area contributed by atoms with Gasteiger partial charge in [-0.15, -0.1) is 0 Å². The lowest BCUT2D eigenvalue weighted by Gasteiger charge is -2.22. The maximum atomic E-state index is 12.3. The van der Waals surface area contributed by atoms with Crippen LogP contribution in [0.5, 0.6) is 0 Å². The third-order valence-corrected chi connectivity index (χ3v) is 4.42. The summed E-state index contributed by atoms with van der Waals surface area (Å²) in [7, 11) is 1.53. The topological polar surface area (TPSA) is 116 Å². The lowest BCUT2D eigenvalue weighted by Crippen LogP contribution is -2.31. The van der Waals surface area contributed by atoms with Crippen LogP contribution in [0.4, 0.5) is 5.95 Å². The minimum atomic E-state index is -1.19. The van der Waals surface area contributed by atoms with Gasteiger partial charge in [0.2, 0.25) is 5.95 Å². The number of carboxylic acids is 1. The van der Waals surface area contributed by atoms with Crippen LogP contribution in [0.1, 0.15) is 32.1 Å². The van der Waals surface area contributed by atoms with E-state index in [1.54, 1.807) is 4.57 Å². The van der Waals surface area contributed by atoms with Gasteiger partial charge in [-0.05, 0) is 12.8 Å². The smallest absolute Gasteiger partial charge is 0.329 e. The summed E-state index contributed by atoms with van der Waals surface area (Å²) in [6.07, 6.45) is 4.07. The number of aromatic amines is 1. The second-order valence-electron chi connectivity index (χ2n) is 6.08. The molecule has 24 heavy (non-hydrogen) atoms. The van der Waals surface area contributed by atoms with E-state index in [1.807, 2.05) is 0 Å². The third kappa shape index (κ3) is 2.93. The molecule has 0 bridgehead atoms. The van der Waals surface area contributed by atoms with Gasteiger partial charge in [-0.2, -0.15) is 4.98 Å². The molecule has 1 saturated heterocycles. The number of rotatable bonds is 4. The van der Waals surface area contributed by atoms with E-state index in [4.69, 9.17) is 0 Å². The Kier molecular flexibility index (Phi) is 4.41. The summed E-state index contributed by atoms with van der Waals surface area (Å²) in [6.45, 7) is 1.66. The number of carboxylic acid groups (broad SMARTS) is 1. The minimum absolute atomic E-state index is 0.0753. The molecule has 1 fully saturated rings. The van der Waals surface area contributed by atoms with E-state index in [0.29, 0.717) is 5.95 Å². The van der Waals surface area contributed by atoms with Gasteiger partial charge in [-0.1, -0.05) is 12.8 Å². The Hall–Kier alpha value is -2.58. The quantitative estimate of drug-likeness (QED) is 0.762. The number of fused-ring (bicyclic) bond motifs is 1. The van der Waals surface area contributed by atoms with E-state index in [1.165, 1.54) is 11.6 Å². The standard InChI is InChI=1S/C15H21N5O4/c1-18-12-11(13(23)17-15(18)24)20(9-6-10(21)22)14(16-12)19-7-4-2-3-5-8-19/h2-9H2,1H3,(H,21,22)(H,17,23,24)/p-1. The van der Waals surface area contributed by atoms with Crippen LogP contribution in [0.25, 0.3) is 11.2 Å². The number of hydrogen-bond acceptors (Lipinski definition) is 6. The zero-order valence-electron chi connectivity index (χ0n) is 13.6. The first-order chi connectivity index (χ1) is 11.5. The van der Waals surface area contributed by atoms with E-state index in [0.717, 1.165) is 38.8 Å². The van der Waals surface area contributed by atoms with Gasteiger partial charge < -0.3 is 19.4 Å². The third-order valence-electron chi connectivity index (χ3n) is 4.42. The van der Waals surface area contributed by atoms with Gasteiger partial charge >= 0.3 is 5.69 Å². The molecule has 0 aromatic carbocycles. The number of aromatic nitrogens is 4. The lowest BCUT2D eigenvalue weighted by atomic mass is 10.2. The normalized spacial score (nSPS) is 15.6. The first-order valence-electron chi connectivity index (χ1n) is 8.13. The largest absolute Gasteiger partial charge is 0.550 e. The monoisotopic (exact) mass is 334 g/mol. The Balaban J connectivity index is 2.18. The first-order valence-corrected chi connectivity index (χ1v) is 8.13. The number of carbonyl (C=O) groups is 1. The van der Waals surface area contributed by atoms with Crippen molar-refractivity contribution in [3.05, 3.63) is 20.8 Å². The number of nitrogens with zero attached hydrogens (tertiary/aromatic N) is 4. The van der Waals surface area contributed by atoms with Crippen LogP contribution >= 0.6 is 0 Å². The SMILES string of the molecule is Cn1c(=O)[nH]c(=O)c2c1nc(N1CCCCCC1)n2CCC(=O)[O-]. The van der Waals surface area contributed by atoms with E-state index >= 15 is 0 Å². The molecule has 2 aromatic rings. The molecular weight excluding hydrogens is 314 g/mol. The molecule has 0 spiro atoms. The van der Waals surface area contributed by atoms with Gasteiger partial charge in [0.15, 0.2) is 11.2 Å². The Morgan fingerprint density at radius 2 is 1.88 bits per heavy atom. The molecular formula is C15H20N5O4-. The van der Waals surface area contributed by atoms with Crippen molar-refractivity contribution in [2.75, 3.05) is 18.0 Å². The molecule has 0 saturated carbocycles.